The van der Waals surface area contributed by atoms with E-state index in [1.165, 1.54) is 0 Å². The normalized spacial score (nSPS) is 15.3. The second kappa shape index (κ2) is 5.92. The van der Waals surface area contributed by atoms with Gasteiger partial charge in [-0.3, -0.25) is 9.78 Å². The van der Waals surface area contributed by atoms with Crippen LogP contribution in [0.1, 0.15) is 0 Å². The van der Waals surface area contributed by atoms with Gasteiger partial charge in [-0.1, -0.05) is 30.3 Å². The van der Waals surface area contributed by atoms with Gasteiger partial charge in [0.15, 0.2) is 0 Å². The number of anilines is 1. The van der Waals surface area contributed by atoms with Crippen LogP contribution in [0.4, 0.5) is 5.95 Å². The molecule has 0 bridgehead atoms. The molecule has 104 valence electrons. The standard InChI is InChI=1S/C14H14IN3O2/c15-11-12(10-4-2-1-3-5-10)16-14(17-13(11)19)18-6-8-20-9-7-18/h1-5H,6-9H2,(H,16,17,19). The van der Waals surface area contributed by atoms with E-state index in [1.807, 2.05) is 57.8 Å². The Bertz CT molecular complexity index is 651. The second-order valence-electron chi connectivity index (χ2n) is 4.52. The lowest BCUT2D eigenvalue weighted by atomic mass is 10.1. The predicted octanol–water partition coefficient (Wildman–Crippen LogP) is 1.88. The molecule has 2 aromatic rings. The van der Waals surface area contributed by atoms with E-state index in [9.17, 15) is 4.79 Å². The molecular formula is C14H14IN3O2. The first-order chi connectivity index (χ1) is 9.75. The molecule has 0 amide bonds. The maximum atomic E-state index is 12.1. The van der Waals surface area contributed by atoms with Crippen LogP contribution in [-0.2, 0) is 4.74 Å². The fourth-order valence-electron chi connectivity index (χ4n) is 2.16. The Labute approximate surface area is 130 Å². The van der Waals surface area contributed by atoms with Crippen molar-refractivity contribution in [2.24, 2.45) is 0 Å². The van der Waals surface area contributed by atoms with E-state index >= 15 is 0 Å². The number of rotatable bonds is 2. The highest BCUT2D eigenvalue weighted by molar-refractivity contribution is 14.1. The molecule has 1 saturated heterocycles. The molecule has 1 N–H and O–H groups in total. The van der Waals surface area contributed by atoms with Gasteiger partial charge in [-0.2, -0.15) is 0 Å². The molecular weight excluding hydrogens is 369 g/mol. The summed E-state index contributed by atoms with van der Waals surface area (Å²) in [5.74, 6) is 0.623. The number of aromatic amines is 1. The zero-order chi connectivity index (χ0) is 13.9. The summed E-state index contributed by atoms with van der Waals surface area (Å²) in [6, 6.07) is 9.78. The number of aromatic nitrogens is 2. The Balaban J connectivity index is 2.06. The molecule has 0 unspecified atom stereocenters. The van der Waals surface area contributed by atoms with Gasteiger partial charge in [0.25, 0.3) is 5.56 Å². The Hall–Kier alpha value is -1.41. The lowest BCUT2D eigenvalue weighted by Gasteiger charge is -2.27. The molecule has 2 heterocycles. The predicted molar refractivity (Wildman–Crippen MR) is 86.0 cm³/mol. The summed E-state index contributed by atoms with van der Waals surface area (Å²) in [4.78, 5) is 21.7. The van der Waals surface area contributed by atoms with E-state index in [2.05, 4.69) is 9.97 Å². The number of hydrogen-bond acceptors (Lipinski definition) is 4. The third kappa shape index (κ3) is 2.71. The maximum absolute atomic E-state index is 12.1. The van der Waals surface area contributed by atoms with Crippen molar-refractivity contribution in [3.05, 3.63) is 44.3 Å². The van der Waals surface area contributed by atoms with Crippen LogP contribution in [-0.4, -0.2) is 36.3 Å². The van der Waals surface area contributed by atoms with E-state index in [-0.39, 0.29) is 5.56 Å². The number of halogens is 1. The molecule has 20 heavy (non-hydrogen) atoms. The van der Waals surface area contributed by atoms with E-state index in [4.69, 9.17) is 4.74 Å². The Kier molecular flexibility index (Phi) is 4.02. The molecule has 5 nitrogen and oxygen atoms in total. The fourth-order valence-corrected chi connectivity index (χ4v) is 2.73. The van der Waals surface area contributed by atoms with Gasteiger partial charge in [0, 0.05) is 18.7 Å². The number of nitrogens with one attached hydrogen (secondary N) is 1. The van der Waals surface area contributed by atoms with Crippen LogP contribution in [0.2, 0.25) is 0 Å². The SMILES string of the molecule is O=c1[nH]c(N2CCOCC2)nc(-c2ccccc2)c1I. The Morgan fingerprint density at radius 2 is 1.90 bits per heavy atom. The van der Waals surface area contributed by atoms with Crippen LogP contribution in [0.25, 0.3) is 11.3 Å². The van der Waals surface area contributed by atoms with Gasteiger partial charge in [-0.25, -0.2) is 4.98 Å². The van der Waals surface area contributed by atoms with Gasteiger partial charge in [-0.05, 0) is 22.6 Å². The van der Waals surface area contributed by atoms with Crippen LogP contribution < -0.4 is 10.5 Å². The van der Waals surface area contributed by atoms with Crippen LogP contribution >= 0.6 is 22.6 Å². The zero-order valence-electron chi connectivity index (χ0n) is 10.8. The van der Waals surface area contributed by atoms with Crippen LogP contribution in [0.15, 0.2) is 35.1 Å². The first-order valence-electron chi connectivity index (χ1n) is 6.43. The van der Waals surface area contributed by atoms with Gasteiger partial charge in [0.2, 0.25) is 5.95 Å². The highest BCUT2D eigenvalue weighted by Crippen LogP contribution is 2.22. The van der Waals surface area contributed by atoms with Crippen molar-refractivity contribution < 1.29 is 4.74 Å². The molecule has 0 atom stereocenters. The van der Waals surface area contributed by atoms with Gasteiger partial charge >= 0.3 is 0 Å². The van der Waals surface area contributed by atoms with Gasteiger partial charge in [0.1, 0.15) is 3.57 Å². The summed E-state index contributed by atoms with van der Waals surface area (Å²) >= 11 is 2.05. The summed E-state index contributed by atoms with van der Waals surface area (Å²) in [6.45, 7) is 2.82. The summed E-state index contributed by atoms with van der Waals surface area (Å²) < 4.78 is 5.94. The lowest BCUT2D eigenvalue weighted by Crippen LogP contribution is -2.38. The summed E-state index contributed by atoms with van der Waals surface area (Å²) in [5, 5.41) is 0. The monoisotopic (exact) mass is 383 g/mol. The fraction of sp³-hybridized carbons (Fsp3) is 0.286. The zero-order valence-corrected chi connectivity index (χ0v) is 13.0. The highest BCUT2D eigenvalue weighted by atomic mass is 127. The number of ether oxygens (including phenoxy) is 1. The lowest BCUT2D eigenvalue weighted by molar-refractivity contribution is 0.122. The molecule has 6 heteroatoms. The minimum atomic E-state index is -0.0963. The molecule has 0 saturated carbocycles. The molecule has 0 spiro atoms. The number of benzene rings is 1. The molecule has 1 aromatic heterocycles. The van der Waals surface area contributed by atoms with Crippen molar-refractivity contribution in [2.45, 2.75) is 0 Å². The minimum Gasteiger partial charge on any atom is -0.378 e. The van der Waals surface area contributed by atoms with Crippen LogP contribution in [0.5, 0.6) is 0 Å². The molecule has 1 fully saturated rings. The molecule has 0 aliphatic carbocycles. The highest BCUT2D eigenvalue weighted by Gasteiger charge is 2.17. The van der Waals surface area contributed by atoms with Crippen molar-refractivity contribution in [3.8, 4) is 11.3 Å². The molecule has 1 aliphatic heterocycles. The average Bonchev–Trinajstić information content (AvgIpc) is 2.51. The van der Waals surface area contributed by atoms with E-state index < -0.39 is 0 Å². The summed E-state index contributed by atoms with van der Waals surface area (Å²) in [6.07, 6.45) is 0. The van der Waals surface area contributed by atoms with E-state index in [0.29, 0.717) is 22.7 Å². The Morgan fingerprint density at radius 3 is 2.60 bits per heavy atom. The molecule has 1 aliphatic rings. The van der Waals surface area contributed by atoms with E-state index in [1.54, 1.807) is 0 Å². The average molecular weight is 383 g/mol. The topological polar surface area (TPSA) is 58.2 Å². The third-order valence-corrected chi connectivity index (χ3v) is 4.21. The third-order valence-electron chi connectivity index (χ3n) is 3.21. The van der Waals surface area contributed by atoms with Crippen LogP contribution in [0, 0.1) is 3.57 Å². The smallest absolute Gasteiger partial charge is 0.266 e. The van der Waals surface area contributed by atoms with Gasteiger partial charge in [-0.15, -0.1) is 0 Å². The number of nitrogens with zero attached hydrogens (tertiary/aromatic N) is 2. The summed E-state index contributed by atoms with van der Waals surface area (Å²) in [7, 11) is 0. The molecule has 1 aromatic carbocycles. The minimum absolute atomic E-state index is 0.0963. The quantitative estimate of drug-likeness (QED) is 0.805. The van der Waals surface area contributed by atoms with Gasteiger partial charge in [0.05, 0.1) is 18.9 Å². The second-order valence-corrected chi connectivity index (χ2v) is 5.60. The number of H-pyrrole nitrogens is 1. The van der Waals surface area contributed by atoms with Crippen molar-refractivity contribution in [1.29, 1.82) is 0 Å². The largest absolute Gasteiger partial charge is 0.378 e. The summed E-state index contributed by atoms with van der Waals surface area (Å²) in [5.41, 5.74) is 1.59. The van der Waals surface area contributed by atoms with E-state index in [0.717, 1.165) is 24.3 Å². The van der Waals surface area contributed by atoms with Crippen molar-refractivity contribution in [3.63, 3.8) is 0 Å². The Morgan fingerprint density at radius 1 is 1.20 bits per heavy atom. The van der Waals surface area contributed by atoms with Crippen LogP contribution in [0.3, 0.4) is 0 Å². The molecule has 0 radical (unpaired) electrons. The van der Waals surface area contributed by atoms with Crippen molar-refractivity contribution in [1.82, 2.24) is 9.97 Å². The van der Waals surface area contributed by atoms with Crippen molar-refractivity contribution in [2.75, 3.05) is 31.2 Å². The first-order valence-corrected chi connectivity index (χ1v) is 7.51. The first kappa shape index (κ1) is 13.6. The van der Waals surface area contributed by atoms with Crippen molar-refractivity contribution >= 4 is 28.5 Å². The number of hydrogen-bond donors (Lipinski definition) is 1. The molecule has 3 rings (SSSR count). The van der Waals surface area contributed by atoms with Gasteiger partial charge < -0.3 is 9.64 Å². The number of morpholine rings is 1. The maximum Gasteiger partial charge on any atom is 0.266 e.